The molecule has 0 rings (SSSR count). The second-order valence-corrected chi connectivity index (χ2v) is 22.0. The molecule has 0 aliphatic rings. The third-order valence-electron chi connectivity index (χ3n) is 14.1. The fraction of sp³-hybridized carbons (Fsp3) is 0.645. The number of hydrogen-bond donors (Lipinski definition) is 0. The topological polar surface area (TPSA) is 78.9 Å². The second kappa shape index (κ2) is 68.8. The van der Waals surface area contributed by atoms with Crippen LogP contribution >= 0.6 is 0 Å². The van der Waals surface area contributed by atoms with Crippen molar-refractivity contribution >= 4 is 17.9 Å². The van der Waals surface area contributed by atoms with E-state index in [0.717, 1.165) is 148 Å². The maximum absolute atomic E-state index is 12.8. The zero-order valence-electron chi connectivity index (χ0n) is 53.2. The first-order valence-electron chi connectivity index (χ1n) is 33.8. The summed E-state index contributed by atoms with van der Waals surface area (Å²) in [6.45, 7) is 6.34. The van der Waals surface area contributed by atoms with Crippen molar-refractivity contribution in [2.75, 3.05) is 13.2 Å². The highest BCUT2D eigenvalue weighted by Crippen LogP contribution is 2.16. The van der Waals surface area contributed by atoms with Gasteiger partial charge in [-0.15, -0.1) is 0 Å². The predicted octanol–water partition coefficient (Wildman–Crippen LogP) is 23.5. The summed E-state index contributed by atoms with van der Waals surface area (Å²) in [7, 11) is 0. The highest BCUT2D eigenvalue weighted by atomic mass is 16.6. The first kappa shape index (κ1) is 77.3. The van der Waals surface area contributed by atoms with Crippen LogP contribution in [0.15, 0.2) is 146 Å². The number of hydrogen-bond acceptors (Lipinski definition) is 6. The molecule has 1 atom stereocenters. The zero-order chi connectivity index (χ0) is 59.2. The molecular formula is C76H124O6. The Morgan fingerprint density at radius 3 is 0.744 bits per heavy atom. The van der Waals surface area contributed by atoms with Crippen LogP contribution in [-0.2, 0) is 28.6 Å². The van der Waals surface area contributed by atoms with Crippen molar-refractivity contribution in [1.29, 1.82) is 0 Å². The largest absolute Gasteiger partial charge is 0.462 e. The molecule has 0 saturated heterocycles. The van der Waals surface area contributed by atoms with Gasteiger partial charge < -0.3 is 14.2 Å². The molecule has 6 heteroatoms. The average Bonchev–Trinajstić information content (AvgIpc) is 3.47. The van der Waals surface area contributed by atoms with Crippen LogP contribution in [0, 0.1) is 0 Å². The van der Waals surface area contributed by atoms with E-state index in [1.54, 1.807) is 0 Å². The van der Waals surface area contributed by atoms with Crippen molar-refractivity contribution < 1.29 is 28.6 Å². The standard InChI is InChI=1S/C76H124O6/c1-4-7-10-13-16-18-20-22-24-26-28-30-32-33-34-35-36-37-38-39-40-41-42-43-45-46-48-50-52-54-56-58-60-63-66-69-75(78)81-72-73(71-80-74(77)68-65-62-15-12-9-6-3)82-76(79)70-67-64-61-59-57-55-53-51-49-47-44-31-29-27-25-23-21-19-17-14-11-8-5-2/h7-8,10-11,16-19,22-25,28-31,33-34,36-37,47,49,53,55,73H,4-6,9,12-15,20-21,26-27,32,35,38-46,48,50-52,54,56-72H2,1-3H3/b10-7-,11-8-,18-16-,19-17-,24-22-,25-23-,30-28-,31-29-,34-33-,37-36-,49-47-,55-53-. The highest BCUT2D eigenvalue weighted by Gasteiger charge is 2.19. The van der Waals surface area contributed by atoms with E-state index in [1.165, 1.54) is 109 Å². The Balaban J connectivity index is 4.07. The monoisotopic (exact) mass is 1130 g/mol. The van der Waals surface area contributed by atoms with Gasteiger partial charge in [0, 0.05) is 19.3 Å². The Bertz CT molecular complexity index is 1780. The normalized spacial score (nSPS) is 13.1. The summed E-state index contributed by atoms with van der Waals surface area (Å²) in [6.07, 6.45) is 99.1. The van der Waals surface area contributed by atoms with Gasteiger partial charge in [0.25, 0.3) is 0 Å². The van der Waals surface area contributed by atoms with E-state index in [1.807, 2.05) is 0 Å². The van der Waals surface area contributed by atoms with Gasteiger partial charge in [-0.3, -0.25) is 14.4 Å². The van der Waals surface area contributed by atoms with Crippen LogP contribution in [0.4, 0.5) is 0 Å². The Kier molecular flexibility index (Phi) is 64.8. The Labute approximate surface area is 506 Å². The molecule has 0 bridgehead atoms. The predicted molar refractivity (Wildman–Crippen MR) is 357 cm³/mol. The number of ether oxygens (including phenoxy) is 3. The molecule has 0 spiro atoms. The molecule has 0 fully saturated rings. The van der Waals surface area contributed by atoms with Crippen molar-refractivity contribution in [2.24, 2.45) is 0 Å². The molecule has 0 heterocycles. The lowest BCUT2D eigenvalue weighted by atomic mass is 10.0. The number of unbranched alkanes of at least 4 members (excludes halogenated alkanes) is 25. The van der Waals surface area contributed by atoms with Gasteiger partial charge in [-0.25, -0.2) is 0 Å². The van der Waals surface area contributed by atoms with Gasteiger partial charge in [-0.1, -0.05) is 301 Å². The Hall–Kier alpha value is -4.71. The van der Waals surface area contributed by atoms with Gasteiger partial charge >= 0.3 is 17.9 Å². The van der Waals surface area contributed by atoms with Gasteiger partial charge in [-0.05, 0) is 122 Å². The molecule has 0 aromatic carbocycles. The van der Waals surface area contributed by atoms with Gasteiger partial charge in [0.1, 0.15) is 13.2 Å². The van der Waals surface area contributed by atoms with Crippen LogP contribution in [0.5, 0.6) is 0 Å². The Morgan fingerprint density at radius 1 is 0.256 bits per heavy atom. The van der Waals surface area contributed by atoms with E-state index in [2.05, 4.69) is 167 Å². The number of carbonyl (C=O) groups excluding carboxylic acids is 3. The quantitative estimate of drug-likeness (QED) is 0.0261. The van der Waals surface area contributed by atoms with E-state index in [0.29, 0.717) is 19.3 Å². The maximum atomic E-state index is 12.8. The van der Waals surface area contributed by atoms with Gasteiger partial charge in [0.15, 0.2) is 6.10 Å². The number of allylic oxidation sites excluding steroid dienone is 24. The number of esters is 3. The first-order valence-corrected chi connectivity index (χ1v) is 33.8. The van der Waals surface area contributed by atoms with Gasteiger partial charge in [-0.2, -0.15) is 0 Å². The minimum Gasteiger partial charge on any atom is -0.462 e. The second-order valence-electron chi connectivity index (χ2n) is 22.0. The SMILES string of the molecule is CC/C=C\C/C=C\C/C=C\C/C=C\C/C=C\C/C=C\CCCCCCCCCCCCCCCCCCC(=O)OCC(COC(=O)CCCCCCCC)OC(=O)CCCCCC/C=C\C/C=C\C/C=C\C/C=C\C/C=C\C/C=C\CC. The van der Waals surface area contributed by atoms with Crippen LogP contribution in [0.2, 0.25) is 0 Å². The Morgan fingerprint density at radius 2 is 0.476 bits per heavy atom. The molecule has 464 valence electrons. The molecule has 0 saturated carbocycles. The van der Waals surface area contributed by atoms with E-state index in [4.69, 9.17) is 14.2 Å². The van der Waals surface area contributed by atoms with Crippen molar-refractivity contribution in [1.82, 2.24) is 0 Å². The van der Waals surface area contributed by atoms with Crippen LogP contribution in [-0.4, -0.2) is 37.2 Å². The number of rotatable bonds is 60. The van der Waals surface area contributed by atoms with E-state index in [-0.39, 0.29) is 31.1 Å². The molecule has 0 aliphatic carbocycles. The minimum atomic E-state index is -0.793. The molecular weight excluding hydrogens is 1010 g/mol. The van der Waals surface area contributed by atoms with E-state index < -0.39 is 6.10 Å². The lowest BCUT2D eigenvalue weighted by molar-refractivity contribution is -0.167. The molecule has 0 amide bonds. The van der Waals surface area contributed by atoms with Crippen molar-refractivity contribution in [3.05, 3.63) is 146 Å². The van der Waals surface area contributed by atoms with Crippen LogP contribution < -0.4 is 0 Å². The lowest BCUT2D eigenvalue weighted by Gasteiger charge is -2.18. The van der Waals surface area contributed by atoms with Gasteiger partial charge in [0.05, 0.1) is 0 Å². The summed E-state index contributed by atoms with van der Waals surface area (Å²) in [4.78, 5) is 38.1. The molecule has 6 nitrogen and oxygen atoms in total. The fourth-order valence-corrected chi connectivity index (χ4v) is 9.10. The zero-order valence-corrected chi connectivity index (χ0v) is 53.2. The molecule has 0 aliphatic heterocycles. The highest BCUT2D eigenvalue weighted by molar-refractivity contribution is 5.71. The summed E-state index contributed by atoms with van der Waals surface area (Å²) in [5, 5.41) is 0. The average molecular weight is 1130 g/mol. The smallest absolute Gasteiger partial charge is 0.306 e. The van der Waals surface area contributed by atoms with Crippen molar-refractivity contribution in [3.8, 4) is 0 Å². The van der Waals surface area contributed by atoms with Crippen LogP contribution in [0.3, 0.4) is 0 Å². The minimum absolute atomic E-state index is 0.0901. The summed E-state index contributed by atoms with van der Waals surface area (Å²) >= 11 is 0. The molecule has 0 N–H and O–H groups in total. The molecule has 0 aromatic heterocycles. The van der Waals surface area contributed by atoms with Gasteiger partial charge in [0.2, 0.25) is 0 Å². The molecule has 0 radical (unpaired) electrons. The first-order chi connectivity index (χ1) is 40.5. The summed E-state index contributed by atoms with van der Waals surface area (Å²) < 4.78 is 16.8. The number of carbonyl (C=O) groups is 3. The maximum Gasteiger partial charge on any atom is 0.306 e. The summed E-state index contributed by atoms with van der Waals surface area (Å²) in [5.74, 6) is -0.922. The van der Waals surface area contributed by atoms with Crippen LogP contribution in [0.1, 0.15) is 297 Å². The molecule has 82 heavy (non-hydrogen) atoms. The molecule has 0 aromatic rings. The van der Waals surface area contributed by atoms with E-state index >= 15 is 0 Å². The third kappa shape index (κ3) is 66.1. The lowest BCUT2D eigenvalue weighted by Crippen LogP contribution is -2.30. The van der Waals surface area contributed by atoms with E-state index in [9.17, 15) is 14.4 Å². The third-order valence-corrected chi connectivity index (χ3v) is 14.1. The van der Waals surface area contributed by atoms with Crippen molar-refractivity contribution in [2.45, 2.75) is 303 Å². The summed E-state index contributed by atoms with van der Waals surface area (Å²) in [6, 6.07) is 0. The van der Waals surface area contributed by atoms with Crippen LogP contribution in [0.25, 0.3) is 0 Å². The summed E-state index contributed by atoms with van der Waals surface area (Å²) in [5.41, 5.74) is 0. The molecule has 1 unspecified atom stereocenters. The fourth-order valence-electron chi connectivity index (χ4n) is 9.10. The van der Waals surface area contributed by atoms with Crippen molar-refractivity contribution in [3.63, 3.8) is 0 Å².